The van der Waals surface area contributed by atoms with Gasteiger partial charge in [0.1, 0.15) is 60.4 Å². The fourth-order valence-corrected chi connectivity index (χ4v) is 12.2. The van der Waals surface area contributed by atoms with Crippen molar-refractivity contribution < 1.29 is 62.6 Å². The number of piperidine rings is 1. The summed E-state index contributed by atoms with van der Waals surface area (Å²) < 4.78 is 0. The number of halogens is 1. The molecule has 0 aromatic heterocycles. The monoisotopic (exact) mass is 1350 g/mol. The van der Waals surface area contributed by atoms with E-state index in [4.69, 9.17) is 11.6 Å². The van der Waals surface area contributed by atoms with E-state index in [0.29, 0.717) is 36.5 Å². The van der Waals surface area contributed by atoms with Crippen molar-refractivity contribution >= 4 is 82.5 Å². The average molecular weight is 1350 g/mol. The van der Waals surface area contributed by atoms with E-state index >= 15 is 4.79 Å². The summed E-state index contributed by atoms with van der Waals surface area (Å²) in [4.78, 5) is 184. The highest BCUT2D eigenvalue weighted by molar-refractivity contribution is 6.30. The molecule has 0 aliphatic carbocycles. The Morgan fingerprint density at radius 1 is 0.537 bits per heavy atom. The van der Waals surface area contributed by atoms with Crippen LogP contribution >= 0.6 is 11.6 Å². The van der Waals surface area contributed by atoms with Crippen molar-refractivity contribution in [2.75, 3.05) is 61.9 Å². The topological polar surface area (TPSA) is 308 Å². The molecule has 2 aromatic rings. The number of benzene rings is 2. The lowest BCUT2D eigenvalue weighted by Crippen LogP contribution is -2.62. The Hall–Kier alpha value is -7.67. The molecule has 0 bridgehead atoms. The first-order chi connectivity index (χ1) is 44.5. The minimum atomic E-state index is -1.66. The number of hydrogen-bond donors (Lipinski definition) is 6. The van der Waals surface area contributed by atoms with Crippen LogP contribution in [0.1, 0.15) is 139 Å². The molecule has 6 N–H and O–H groups in total. The smallest absolute Gasteiger partial charge is 0.248 e. The minimum absolute atomic E-state index is 0.0108. The number of nitrogens with zero attached hydrogens (tertiary/aromatic N) is 7. The van der Waals surface area contributed by atoms with Gasteiger partial charge in [0.05, 0.1) is 19.1 Å². The van der Waals surface area contributed by atoms with Crippen molar-refractivity contribution in [2.24, 2.45) is 23.7 Å². The van der Waals surface area contributed by atoms with Crippen molar-refractivity contribution in [1.82, 2.24) is 60.9 Å². The highest BCUT2D eigenvalue weighted by atomic mass is 35.5. The number of aliphatic hydroxyl groups excluding tert-OH is 1. The van der Waals surface area contributed by atoms with Crippen molar-refractivity contribution in [1.29, 1.82) is 0 Å². The lowest BCUT2D eigenvalue weighted by atomic mass is 9.97. The number of aliphatic hydroxyl groups is 1. The highest BCUT2D eigenvalue weighted by Crippen LogP contribution is 2.23. The number of hydrogen-bond acceptors (Lipinski definition) is 13. The van der Waals surface area contributed by atoms with E-state index < -0.39 is 156 Å². The largest absolute Gasteiger partial charge is 0.391 e. The maximum atomic E-state index is 15.1. The second kappa shape index (κ2) is 37.0. The predicted octanol–water partition coefficient (Wildman–Crippen LogP) is 3.16. The zero-order chi connectivity index (χ0) is 71.5. The molecule has 528 valence electrons. The van der Waals surface area contributed by atoms with Gasteiger partial charge < -0.3 is 66.0 Å². The van der Waals surface area contributed by atoms with E-state index in [1.165, 1.54) is 77.8 Å². The Balaban J connectivity index is 1.90. The predicted molar refractivity (Wildman–Crippen MR) is 361 cm³/mol. The van der Waals surface area contributed by atoms with E-state index in [0.717, 1.165) is 26.7 Å². The molecule has 2 saturated heterocycles. The van der Waals surface area contributed by atoms with Gasteiger partial charge in [0.15, 0.2) is 0 Å². The van der Waals surface area contributed by atoms with Gasteiger partial charge in [-0.1, -0.05) is 109 Å². The molecule has 2 aliphatic rings. The molecule has 2 fully saturated rings. The van der Waals surface area contributed by atoms with Gasteiger partial charge in [0.25, 0.3) is 0 Å². The number of amides is 12. The SMILES string of the molecule is CC(C)C[C@@H]1NC(=O)[C@H](CCc2cccc(Cl)c2)NC(=O)[C@H](C)N(C)C(=O)C[C@@H](C(=O)N2CCCCC2)NC(=O)[C@H](CC(C)C)N(C)C(=O)CN(C)C(=O)[C@H]([C@@H](C)O)NC(=O)[C@H](C(C)C)N(C)C(=O)[C@H](Cc2ccccc2)N(C)C(=O)[C@H](C)NC(=O)[C@H](CC(C)C)N(C)C1=O. The van der Waals surface area contributed by atoms with Gasteiger partial charge in [0.2, 0.25) is 70.9 Å². The second-order valence-corrected chi connectivity index (χ2v) is 27.9. The molecule has 4 rings (SSSR count). The van der Waals surface area contributed by atoms with Crippen LogP contribution in [0.3, 0.4) is 0 Å². The van der Waals surface area contributed by atoms with Gasteiger partial charge in [0, 0.05) is 66.8 Å². The van der Waals surface area contributed by atoms with Gasteiger partial charge >= 0.3 is 0 Å². The molecular weight excluding hydrogens is 1240 g/mol. The van der Waals surface area contributed by atoms with Crippen LogP contribution in [-0.4, -0.2) is 239 Å². The summed E-state index contributed by atoms with van der Waals surface area (Å²) in [5.74, 6) is -10.1. The number of carbonyl (C=O) groups is 12. The lowest BCUT2D eigenvalue weighted by molar-refractivity contribution is -0.151. The third-order valence-electron chi connectivity index (χ3n) is 17.8. The van der Waals surface area contributed by atoms with E-state index in [1.54, 1.807) is 73.3 Å². The summed E-state index contributed by atoms with van der Waals surface area (Å²) in [7, 11) is 8.19. The van der Waals surface area contributed by atoms with Crippen molar-refractivity contribution in [3.8, 4) is 0 Å². The zero-order valence-electron chi connectivity index (χ0n) is 58.9. The van der Waals surface area contributed by atoms with Gasteiger partial charge in [-0.05, 0) is 119 Å². The third-order valence-corrected chi connectivity index (χ3v) is 18.0. The minimum Gasteiger partial charge on any atom is -0.391 e. The van der Waals surface area contributed by atoms with E-state index in [-0.39, 0.29) is 56.3 Å². The summed E-state index contributed by atoms with van der Waals surface area (Å²) >= 11 is 6.37. The molecule has 12 amide bonds. The standard InChI is InChI=1S/C69H107ClN12O13/c1-40(2)33-51-66(92)79(15)54(35-42(5)6)62(88)71-44(9)65(91)80(16)55(37-47-25-20-18-21-26-47)68(94)81(17)59(43(7)8)64(90)75-58(46(11)83)69(95)76(12)39-57(85)78(14)53(34-41(3)4)63(89)74-52(67(93)82-31-22-19-23-32-82)38-56(84)77(13)45(10)60(86)72-50(61(87)73-51)30-29-48-27-24-28-49(70)36-48/h18,20-21,24-28,36,40-46,50-55,58-59,83H,19,22-23,29-35,37-39H2,1-17H3,(H,71,88)(H,72,86)(H,73,87)(H,74,89)(H,75,90)/t44-,45-,46+,50-,51-,52-,53-,54-,55-,58-,59-/m0/s1. The van der Waals surface area contributed by atoms with Crippen LogP contribution in [0.5, 0.6) is 0 Å². The Morgan fingerprint density at radius 3 is 1.64 bits per heavy atom. The molecule has 11 atom stereocenters. The van der Waals surface area contributed by atoms with Gasteiger partial charge in [-0.3, -0.25) is 57.5 Å². The average Bonchev–Trinajstić information content (AvgIpc) is 0.827. The lowest BCUT2D eigenvalue weighted by Gasteiger charge is -2.38. The van der Waals surface area contributed by atoms with Crippen LogP contribution in [0.2, 0.25) is 5.02 Å². The molecule has 95 heavy (non-hydrogen) atoms. The Bertz CT molecular complexity index is 3000. The number of carbonyl (C=O) groups excluding carboxylic acids is 12. The van der Waals surface area contributed by atoms with E-state index in [9.17, 15) is 57.8 Å². The van der Waals surface area contributed by atoms with Crippen LogP contribution in [0.25, 0.3) is 0 Å². The normalized spacial score (nSPS) is 25.6. The summed E-state index contributed by atoms with van der Waals surface area (Å²) in [5.41, 5.74) is 1.38. The Labute approximate surface area is 566 Å². The summed E-state index contributed by atoms with van der Waals surface area (Å²) in [6, 6.07) is 2.38. The van der Waals surface area contributed by atoms with Gasteiger partial charge in [-0.15, -0.1) is 0 Å². The summed E-state index contributed by atoms with van der Waals surface area (Å²) in [6.07, 6.45) is 0.468. The molecule has 0 unspecified atom stereocenters. The number of nitrogens with one attached hydrogen (secondary N) is 5. The maximum absolute atomic E-state index is 15.1. The highest BCUT2D eigenvalue weighted by Gasteiger charge is 2.43. The number of likely N-dealkylation sites (tertiary alicyclic amines) is 1. The van der Waals surface area contributed by atoms with Gasteiger partial charge in [-0.2, -0.15) is 0 Å². The quantitative estimate of drug-likeness (QED) is 0.159. The molecule has 0 saturated carbocycles. The maximum Gasteiger partial charge on any atom is 0.248 e. The van der Waals surface area contributed by atoms with Crippen LogP contribution in [0, 0.1) is 23.7 Å². The zero-order valence-corrected chi connectivity index (χ0v) is 59.7. The molecule has 0 radical (unpaired) electrons. The molecule has 0 spiro atoms. The van der Waals surface area contributed by atoms with Crippen molar-refractivity contribution in [2.45, 2.75) is 207 Å². The number of aryl methyl sites for hydroxylation is 1. The number of likely N-dealkylation sites (N-methyl/N-ethyl adjacent to an activating group) is 6. The molecule has 2 aromatic carbocycles. The first-order valence-electron chi connectivity index (χ1n) is 33.3. The van der Waals surface area contributed by atoms with Crippen LogP contribution < -0.4 is 26.6 Å². The molecule has 2 aliphatic heterocycles. The van der Waals surface area contributed by atoms with Crippen LogP contribution in [0.4, 0.5) is 0 Å². The fraction of sp³-hybridized carbons (Fsp3) is 0.652. The molecule has 25 nitrogen and oxygen atoms in total. The first-order valence-corrected chi connectivity index (χ1v) is 33.7. The van der Waals surface area contributed by atoms with Crippen LogP contribution in [-0.2, 0) is 70.4 Å². The van der Waals surface area contributed by atoms with Crippen molar-refractivity contribution in [3.05, 3.63) is 70.7 Å². The van der Waals surface area contributed by atoms with E-state index in [1.807, 2.05) is 41.5 Å². The summed E-state index contributed by atoms with van der Waals surface area (Å²) in [6.45, 7) is 18.6. The summed E-state index contributed by atoms with van der Waals surface area (Å²) in [5, 5.41) is 25.4. The second-order valence-electron chi connectivity index (χ2n) is 27.4. The van der Waals surface area contributed by atoms with E-state index in [2.05, 4.69) is 26.6 Å². The fourth-order valence-electron chi connectivity index (χ4n) is 12.0. The number of rotatable bonds is 14. The third kappa shape index (κ3) is 23.0. The van der Waals surface area contributed by atoms with Gasteiger partial charge in [-0.25, -0.2) is 0 Å². The Morgan fingerprint density at radius 2 is 1.08 bits per heavy atom. The van der Waals surface area contributed by atoms with Crippen molar-refractivity contribution in [3.63, 3.8) is 0 Å². The first kappa shape index (κ1) is 79.8. The molecule has 26 heteroatoms. The van der Waals surface area contributed by atoms with Crippen LogP contribution in [0.15, 0.2) is 54.6 Å². The Kier molecular flexibility index (Phi) is 31.1. The molecule has 2 heterocycles. The molecular formula is C69H107ClN12O13.